The smallest absolute Gasteiger partial charge is 0.265 e. The number of thiophene rings is 1. The van der Waals surface area contributed by atoms with E-state index in [0.29, 0.717) is 22.5 Å². The molecule has 0 radical (unpaired) electrons. The first-order chi connectivity index (χ1) is 14.6. The zero-order valence-electron chi connectivity index (χ0n) is 16.6. The molecule has 0 spiro atoms. The third-order valence-corrected chi connectivity index (χ3v) is 8.13. The van der Waals surface area contributed by atoms with Gasteiger partial charge in [-0.25, -0.2) is 9.97 Å². The number of aromatic nitrogens is 2. The summed E-state index contributed by atoms with van der Waals surface area (Å²) in [6.45, 7) is 6.28. The molecule has 4 aromatic rings. The fraction of sp³-hybridized carbons (Fsp3) is 0.381. The summed E-state index contributed by atoms with van der Waals surface area (Å²) in [5, 5.41) is 4.05. The second-order valence-electron chi connectivity index (χ2n) is 7.92. The van der Waals surface area contributed by atoms with Crippen molar-refractivity contribution < 1.29 is 9.21 Å². The lowest BCUT2D eigenvalue weighted by Gasteiger charge is -2.37. The molecule has 6 rings (SSSR count). The highest BCUT2D eigenvalue weighted by atomic mass is 32.1. The molecular weight excluding hydrogens is 418 g/mol. The molecular formula is C21H21N5O2S2. The molecule has 0 bridgehead atoms. The second-order valence-corrected chi connectivity index (χ2v) is 9.96. The fourth-order valence-electron chi connectivity index (χ4n) is 4.45. The highest BCUT2D eigenvalue weighted by molar-refractivity contribution is 7.29. The van der Waals surface area contributed by atoms with Crippen molar-refractivity contribution in [1.29, 1.82) is 0 Å². The van der Waals surface area contributed by atoms with Crippen LogP contribution in [0.3, 0.4) is 0 Å². The monoisotopic (exact) mass is 439 g/mol. The van der Waals surface area contributed by atoms with Crippen molar-refractivity contribution in [3.05, 3.63) is 35.0 Å². The van der Waals surface area contributed by atoms with Crippen LogP contribution in [-0.2, 0) is 0 Å². The van der Waals surface area contributed by atoms with Gasteiger partial charge in [0.15, 0.2) is 16.6 Å². The maximum atomic E-state index is 12.8. The van der Waals surface area contributed by atoms with Gasteiger partial charge < -0.3 is 14.6 Å². The maximum absolute atomic E-state index is 12.8. The van der Waals surface area contributed by atoms with Crippen LogP contribution in [0.4, 0.5) is 10.8 Å². The Morgan fingerprint density at radius 1 is 1.20 bits per heavy atom. The summed E-state index contributed by atoms with van der Waals surface area (Å²) in [5.41, 5.74) is 2.17. The minimum absolute atomic E-state index is 0.120. The number of oxazole rings is 1. The summed E-state index contributed by atoms with van der Waals surface area (Å²) < 4.78 is 6.57. The number of rotatable bonds is 3. The standard InChI is InChI=1S/C21H21N5O2S2/c1-12-22-15-9-13(4-5-16(15)28-12)23-19(27)17-10-18-20(29-17)24-21(30-18)26-8-7-25-6-2-3-14(25)11-26/h4-5,9-10,14H,2-3,6-8,11H2,1H3,(H,23,27). The van der Waals surface area contributed by atoms with Crippen LogP contribution < -0.4 is 10.2 Å². The topological polar surface area (TPSA) is 74.5 Å². The zero-order valence-corrected chi connectivity index (χ0v) is 18.2. The Morgan fingerprint density at radius 2 is 2.13 bits per heavy atom. The van der Waals surface area contributed by atoms with E-state index in [1.54, 1.807) is 11.3 Å². The number of piperazine rings is 1. The lowest BCUT2D eigenvalue weighted by atomic mass is 10.2. The molecule has 9 heteroatoms. The van der Waals surface area contributed by atoms with Crippen LogP contribution in [0.2, 0.25) is 0 Å². The summed E-state index contributed by atoms with van der Waals surface area (Å²) in [7, 11) is 0. The van der Waals surface area contributed by atoms with Crippen LogP contribution in [0.25, 0.3) is 20.6 Å². The summed E-state index contributed by atoms with van der Waals surface area (Å²) in [6.07, 6.45) is 2.60. The van der Waals surface area contributed by atoms with Gasteiger partial charge in [-0.15, -0.1) is 11.3 Å². The van der Waals surface area contributed by atoms with E-state index in [9.17, 15) is 4.79 Å². The predicted octanol–water partition coefficient (Wildman–Crippen LogP) is 4.34. The number of carbonyl (C=O) groups excluding carboxylic acids is 1. The molecule has 2 aliphatic heterocycles. The van der Waals surface area contributed by atoms with E-state index >= 15 is 0 Å². The number of nitrogens with zero attached hydrogens (tertiary/aromatic N) is 4. The Morgan fingerprint density at radius 3 is 3.03 bits per heavy atom. The number of nitrogens with one attached hydrogen (secondary N) is 1. The number of hydrogen-bond donors (Lipinski definition) is 1. The normalized spacial score (nSPS) is 19.6. The molecule has 30 heavy (non-hydrogen) atoms. The van der Waals surface area contributed by atoms with Crippen molar-refractivity contribution in [1.82, 2.24) is 14.9 Å². The first kappa shape index (κ1) is 18.3. The van der Waals surface area contributed by atoms with Gasteiger partial charge in [-0.05, 0) is 43.7 Å². The van der Waals surface area contributed by atoms with E-state index in [1.807, 2.05) is 31.2 Å². The first-order valence-corrected chi connectivity index (χ1v) is 11.8. The average Bonchev–Trinajstić information content (AvgIpc) is 3.48. The van der Waals surface area contributed by atoms with Gasteiger partial charge in [0.05, 0.1) is 9.58 Å². The van der Waals surface area contributed by atoms with Crippen LogP contribution in [0.1, 0.15) is 28.4 Å². The Balaban J connectivity index is 1.19. The van der Waals surface area contributed by atoms with E-state index in [-0.39, 0.29) is 5.91 Å². The lowest BCUT2D eigenvalue weighted by molar-refractivity contribution is 0.103. The number of hydrogen-bond acceptors (Lipinski definition) is 8. The number of aryl methyl sites for hydroxylation is 1. The third-order valence-electron chi connectivity index (χ3n) is 5.91. The van der Waals surface area contributed by atoms with Gasteiger partial charge >= 0.3 is 0 Å². The number of thiazole rings is 1. The quantitative estimate of drug-likeness (QED) is 0.512. The highest BCUT2D eigenvalue weighted by Crippen LogP contribution is 2.36. The van der Waals surface area contributed by atoms with E-state index in [4.69, 9.17) is 9.40 Å². The van der Waals surface area contributed by atoms with Crippen LogP contribution in [-0.4, -0.2) is 53.0 Å². The average molecular weight is 440 g/mol. The van der Waals surface area contributed by atoms with Crippen molar-refractivity contribution in [3.8, 4) is 0 Å². The Labute approximate surface area is 181 Å². The third kappa shape index (κ3) is 3.17. The number of anilines is 2. The summed E-state index contributed by atoms with van der Waals surface area (Å²) in [6, 6.07) is 8.13. The minimum Gasteiger partial charge on any atom is -0.441 e. The molecule has 1 N–H and O–H groups in total. The number of amides is 1. The van der Waals surface area contributed by atoms with Crippen LogP contribution in [0.5, 0.6) is 0 Å². The molecule has 2 aliphatic rings. The molecule has 1 amide bonds. The van der Waals surface area contributed by atoms with Crippen molar-refractivity contribution in [2.24, 2.45) is 0 Å². The summed E-state index contributed by atoms with van der Waals surface area (Å²) in [5.74, 6) is 0.495. The second kappa shape index (κ2) is 7.04. The van der Waals surface area contributed by atoms with Crippen LogP contribution in [0, 0.1) is 6.92 Å². The van der Waals surface area contributed by atoms with E-state index in [0.717, 1.165) is 45.4 Å². The van der Waals surface area contributed by atoms with Crippen molar-refractivity contribution >= 4 is 60.0 Å². The van der Waals surface area contributed by atoms with E-state index in [2.05, 4.69) is 20.1 Å². The summed E-state index contributed by atoms with van der Waals surface area (Å²) in [4.78, 5) is 28.6. The Kier molecular flexibility index (Phi) is 4.29. The van der Waals surface area contributed by atoms with Gasteiger partial charge in [-0.1, -0.05) is 11.3 Å². The molecule has 1 unspecified atom stereocenters. The van der Waals surface area contributed by atoms with Crippen LogP contribution >= 0.6 is 22.7 Å². The van der Waals surface area contributed by atoms with Crippen LogP contribution in [0.15, 0.2) is 28.7 Å². The van der Waals surface area contributed by atoms with Crippen molar-refractivity contribution in [2.45, 2.75) is 25.8 Å². The molecule has 3 aromatic heterocycles. The van der Waals surface area contributed by atoms with Gasteiger partial charge in [0, 0.05) is 38.3 Å². The van der Waals surface area contributed by atoms with Crippen molar-refractivity contribution in [2.75, 3.05) is 36.4 Å². The molecule has 5 heterocycles. The Hall–Kier alpha value is -2.49. The van der Waals surface area contributed by atoms with Gasteiger partial charge in [0.1, 0.15) is 10.3 Å². The number of carbonyl (C=O) groups is 1. The largest absolute Gasteiger partial charge is 0.441 e. The fourth-order valence-corrected chi connectivity index (χ4v) is 6.59. The molecule has 2 fully saturated rings. The molecule has 154 valence electrons. The SMILES string of the molecule is Cc1nc2cc(NC(=O)c3cc4sc(N5CCN6CCCC6C5)nc4s3)ccc2o1. The maximum Gasteiger partial charge on any atom is 0.265 e. The molecule has 0 saturated carbocycles. The Bertz CT molecular complexity index is 1230. The predicted molar refractivity (Wildman–Crippen MR) is 121 cm³/mol. The van der Waals surface area contributed by atoms with Gasteiger partial charge in [-0.3, -0.25) is 9.69 Å². The molecule has 1 aromatic carbocycles. The molecule has 2 saturated heterocycles. The zero-order chi connectivity index (χ0) is 20.2. The number of benzene rings is 1. The summed E-state index contributed by atoms with van der Waals surface area (Å²) >= 11 is 3.14. The number of fused-ring (bicyclic) bond motifs is 3. The molecule has 0 aliphatic carbocycles. The molecule has 1 atom stereocenters. The van der Waals surface area contributed by atoms with Gasteiger partial charge in [0.25, 0.3) is 5.91 Å². The molecule has 7 nitrogen and oxygen atoms in total. The minimum atomic E-state index is -0.120. The van der Waals surface area contributed by atoms with E-state index in [1.165, 1.54) is 30.7 Å². The first-order valence-electron chi connectivity index (χ1n) is 10.2. The highest BCUT2D eigenvalue weighted by Gasteiger charge is 2.31. The lowest BCUT2D eigenvalue weighted by Crippen LogP contribution is -2.50. The van der Waals surface area contributed by atoms with Gasteiger partial charge in [0.2, 0.25) is 0 Å². The van der Waals surface area contributed by atoms with E-state index < -0.39 is 0 Å². The van der Waals surface area contributed by atoms with Gasteiger partial charge in [-0.2, -0.15) is 0 Å². The van der Waals surface area contributed by atoms with Crippen molar-refractivity contribution in [3.63, 3.8) is 0 Å².